The van der Waals surface area contributed by atoms with Gasteiger partial charge in [-0.05, 0) is 52.3 Å². The van der Waals surface area contributed by atoms with Crippen LogP contribution in [0, 0.1) is 5.82 Å². The number of hydrogen-bond acceptors (Lipinski definition) is 2. The summed E-state index contributed by atoms with van der Waals surface area (Å²) < 4.78 is 13.4. The fraction of sp³-hybridized carbons (Fsp3) is 0. The molecule has 0 aliphatic carbocycles. The van der Waals surface area contributed by atoms with E-state index in [1.54, 1.807) is 12.1 Å². The maximum atomic E-state index is 12.9. The van der Waals surface area contributed by atoms with Gasteiger partial charge in [-0.25, -0.2) is 4.39 Å². The van der Waals surface area contributed by atoms with Gasteiger partial charge in [0, 0.05) is 10.0 Å². The number of nitrogen functional groups attached to an aromatic ring is 1. The number of anilines is 2. The highest BCUT2D eigenvalue weighted by Crippen LogP contribution is 2.25. The van der Waals surface area contributed by atoms with Crippen LogP contribution in [0.5, 0.6) is 0 Å². The minimum absolute atomic E-state index is 0.326. The van der Waals surface area contributed by atoms with Gasteiger partial charge in [0.15, 0.2) is 0 Å². The van der Waals surface area contributed by atoms with Gasteiger partial charge in [0.05, 0.1) is 16.4 Å². The van der Waals surface area contributed by atoms with E-state index >= 15 is 0 Å². The maximum absolute atomic E-state index is 12.9. The Labute approximate surface area is 122 Å². The summed E-state index contributed by atoms with van der Waals surface area (Å²) in [6.45, 7) is 0. The molecule has 2 aromatic rings. The maximum Gasteiger partial charge on any atom is 0.255 e. The first-order valence-electron chi connectivity index (χ1n) is 5.29. The molecule has 0 aliphatic rings. The quantitative estimate of drug-likeness (QED) is 0.807. The molecule has 0 heterocycles. The molecule has 3 N–H and O–H groups in total. The fourth-order valence-electron chi connectivity index (χ4n) is 1.47. The summed E-state index contributed by atoms with van der Waals surface area (Å²) in [5.74, 6) is -0.740. The normalized spacial score (nSPS) is 10.3. The van der Waals surface area contributed by atoms with Gasteiger partial charge in [0.2, 0.25) is 0 Å². The molecular weight excluding hydrogens is 335 g/mol. The van der Waals surface area contributed by atoms with Gasteiger partial charge in [-0.2, -0.15) is 0 Å². The number of nitrogens with one attached hydrogen (secondary N) is 1. The van der Waals surface area contributed by atoms with E-state index in [1.165, 1.54) is 24.3 Å². The molecule has 0 unspecified atom stereocenters. The number of amides is 1. The Morgan fingerprint density at radius 3 is 2.63 bits per heavy atom. The Morgan fingerprint density at radius 1 is 1.26 bits per heavy atom. The van der Waals surface area contributed by atoms with Gasteiger partial charge in [0.25, 0.3) is 5.91 Å². The van der Waals surface area contributed by atoms with Crippen molar-refractivity contribution in [3.63, 3.8) is 0 Å². The molecule has 0 atom stereocenters. The number of benzene rings is 2. The van der Waals surface area contributed by atoms with E-state index in [9.17, 15) is 9.18 Å². The molecule has 6 heteroatoms. The molecule has 1 amide bonds. The van der Waals surface area contributed by atoms with Crippen molar-refractivity contribution < 1.29 is 9.18 Å². The Hall–Kier alpha value is -1.59. The summed E-state index contributed by atoms with van der Waals surface area (Å²) in [6, 6.07) is 8.59. The van der Waals surface area contributed by atoms with Crippen molar-refractivity contribution in [1.82, 2.24) is 0 Å². The van der Waals surface area contributed by atoms with Crippen molar-refractivity contribution in [3.05, 3.63) is 57.3 Å². The topological polar surface area (TPSA) is 55.1 Å². The van der Waals surface area contributed by atoms with Gasteiger partial charge in [0.1, 0.15) is 5.82 Å². The average Bonchev–Trinajstić information content (AvgIpc) is 2.36. The molecule has 0 aromatic heterocycles. The van der Waals surface area contributed by atoms with Crippen LogP contribution in [0.3, 0.4) is 0 Å². The standard InChI is InChI=1S/C13H9BrClFN2O/c14-9-6-8(16)2-4-12(9)18-13(19)7-1-3-10(15)11(17)5-7/h1-6H,17H2,(H,18,19). The van der Waals surface area contributed by atoms with E-state index in [0.29, 0.717) is 26.4 Å². The lowest BCUT2D eigenvalue weighted by molar-refractivity contribution is 0.102. The van der Waals surface area contributed by atoms with Crippen molar-refractivity contribution in [2.24, 2.45) is 0 Å². The second kappa shape index (κ2) is 5.59. The van der Waals surface area contributed by atoms with Crippen LogP contribution in [0.25, 0.3) is 0 Å². The summed E-state index contributed by atoms with van der Waals surface area (Å²) in [7, 11) is 0. The molecular formula is C13H9BrClFN2O. The summed E-state index contributed by atoms with van der Waals surface area (Å²) in [5, 5.41) is 3.04. The molecule has 0 radical (unpaired) electrons. The van der Waals surface area contributed by atoms with Gasteiger partial charge >= 0.3 is 0 Å². The lowest BCUT2D eigenvalue weighted by Gasteiger charge is -2.08. The minimum atomic E-state index is -0.388. The molecule has 0 saturated heterocycles. The molecule has 0 fully saturated rings. The molecule has 98 valence electrons. The number of nitrogens with two attached hydrogens (primary N) is 1. The lowest BCUT2D eigenvalue weighted by atomic mass is 10.2. The number of rotatable bonds is 2. The van der Waals surface area contributed by atoms with Crippen molar-refractivity contribution >= 4 is 44.8 Å². The van der Waals surface area contributed by atoms with E-state index < -0.39 is 0 Å². The predicted octanol–water partition coefficient (Wildman–Crippen LogP) is 4.08. The van der Waals surface area contributed by atoms with E-state index in [-0.39, 0.29) is 11.7 Å². The first kappa shape index (κ1) is 13.8. The Balaban J connectivity index is 2.23. The van der Waals surface area contributed by atoms with Crippen molar-refractivity contribution in [2.75, 3.05) is 11.1 Å². The largest absolute Gasteiger partial charge is 0.398 e. The zero-order valence-electron chi connectivity index (χ0n) is 9.58. The van der Waals surface area contributed by atoms with E-state index in [4.69, 9.17) is 17.3 Å². The van der Waals surface area contributed by atoms with E-state index in [0.717, 1.165) is 0 Å². The highest BCUT2D eigenvalue weighted by molar-refractivity contribution is 9.10. The lowest BCUT2D eigenvalue weighted by Crippen LogP contribution is -2.12. The number of carbonyl (C=O) groups excluding carboxylic acids is 1. The van der Waals surface area contributed by atoms with Crippen molar-refractivity contribution in [3.8, 4) is 0 Å². The summed E-state index contributed by atoms with van der Waals surface area (Å²) in [5.41, 5.74) is 6.80. The summed E-state index contributed by atoms with van der Waals surface area (Å²) in [6.07, 6.45) is 0. The zero-order chi connectivity index (χ0) is 14.0. The molecule has 0 spiro atoms. The van der Waals surface area contributed by atoms with Crippen molar-refractivity contribution in [2.45, 2.75) is 0 Å². The molecule has 2 rings (SSSR count). The molecule has 0 saturated carbocycles. The second-order valence-corrected chi connectivity index (χ2v) is 5.08. The van der Waals surface area contributed by atoms with Gasteiger partial charge < -0.3 is 11.1 Å². The summed E-state index contributed by atoms with van der Waals surface area (Å²) in [4.78, 5) is 12.0. The van der Waals surface area contributed by atoms with Gasteiger partial charge in [-0.3, -0.25) is 4.79 Å². The van der Waals surface area contributed by atoms with Gasteiger partial charge in [-0.15, -0.1) is 0 Å². The average molecular weight is 344 g/mol. The fourth-order valence-corrected chi connectivity index (χ4v) is 2.04. The predicted molar refractivity (Wildman–Crippen MR) is 77.9 cm³/mol. The van der Waals surface area contributed by atoms with E-state index in [1.807, 2.05) is 0 Å². The third-order valence-corrected chi connectivity index (χ3v) is 3.44. The first-order chi connectivity index (χ1) is 8.97. The number of hydrogen-bond donors (Lipinski definition) is 2. The second-order valence-electron chi connectivity index (χ2n) is 3.81. The molecule has 0 aliphatic heterocycles. The smallest absolute Gasteiger partial charge is 0.255 e. The highest BCUT2D eigenvalue weighted by Gasteiger charge is 2.10. The Bertz CT molecular complexity index is 649. The summed E-state index contributed by atoms with van der Waals surface area (Å²) >= 11 is 8.96. The third-order valence-electron chi connectivity index (χ3n) is 2.44. The number of halogens is 3. The van der Waals surface area contributed by atoms with Crippen LogP contribution in [0.15, 0.2) is 40.9 Å². The van der Waals surface area contributed by atoms with Crippen LogP contribution in [0.1, 0.15) is 10.4 Å². The van der Waals surface area contributed by atoms with Crippen LogP contribution < -0.4 is 11.1 Å². The monoisotopic (exact) mass is 342 g/mol. The molecule has 19 heavy (non-hydrogen) atoms. The zero-order valence-corrected chi connectivity index (χ0v) is 11.9. The number of carbonyl (C=O) groups is 1. The van der Waals surface area contributed by atoms with Crippen LogP contribution in [0.4, 0.5) is 15.8 Å². The van der Waals surface area contributed by atoms with Crippen LogP contribution in [-0.2, 0) is 0 Å². The van der Waals surface area contributed by atoms with Crippen molar-refractivity contribution in [1.29, 1.82) is 0 Å². The van der Waals surface area contributed by atoms with Crippen LogP contribution in [0.2, 0.25) is 5.02 Å². The SMILES string of the molecule is Nc1cc(C(=O)Nc2ccc(F)cc2Br)ccc1Cl. The first-order valence-corrected chi connectivity index (χ1v) is 6.46. The van der Waals surface area contributed by atoms with E-state index in [2.05, 4.69) is 21.2 Å². The Kier molecular flexibility index (Phi) is 4.07. The van der Waals surface area contributed by atoms with Gasteiger partial charge in [-0.1, -0.05) is 11.6 Å². The molecule has 0 bridgehead atoms. The molecule has 3 nitrogen and oxygen atoms in total. The minimum Gasteiger partial charge on any atom is -0.398 e. The van der Waals surface area contributed by atoms with Crippen LogP contribution >= 0.6 is 27.5 Å². The Morgan fingerprint density at radius 2 is 2.00 bits per heavy atom. The molecule has 2 aromatic carbocycles. The highest BCUT2D eigenvalue weighted by atomic mass is 79.9. The third kappa shape index (κ3) is 3.24. The van der Waals surface area contributed by atoms with Crippen LogP contribution in [-0.4, -0.2) is 5.91 Å².